The number of nitrogens with zero attached hydrogens (tertiary/aromatic N) is 2. The Bertz CT molecular complexity index is 1360. The summed E-state index contributed by atoms with van der Waals surface area (Å²) < 4.78 is 34.0. The van der Waals surface area contributed by atoms with Gasteiger partial charge in [-0.15, -0.1) is 0 Å². The minimum Gasteiger partial charge on any atom is -0.497 e. The number of aryl methyl sites for hydroxylation is 1. The van der Waals surface area contributed by atoms with Gasteiger partial charge in [-0.2, -0.15) is 0 Å². The van der Waals surface area contributed by atoms with Crippen molar-refractivity contribution in [3.8, 4) is 5.75 Å². The number of sulfonamides is 1. The van der Waals surface area contributed by atoms with E-state index in [1.54, 1.807) is 42.5 Å². The van der Waals surface area contributed by atoms with E-state index in [2.05, 4.69) is 5.32 Å². The van der Waals surface area contributed by atoms with Crippen LogP contribution in [0, 0.1) is 6.92 Å². The Balaban J connectivity index is 2.04. The lowest BCUT2D eigenvalue weighted by Crippen LogP contribution is -2.53. The van der Waals surface area contributed by atoms with Gasteiger partial charge in [0.2, 0.25) is 11.8 Å². The molecule has 0 aliphatic carbocycles. The second kappa shape index (κ2) is 14.0. The van der Waals surface area contributed by atoms with E-state index in [0.717, 1.165) is 21.9 Å². The average Bonchev–Trinajstić information content (AvgIpc) is 2.97. The van der Waals surface area contributed by atoms with Crippen LogP contribution in [-0.4, -0.2) is 50.9 Å². The molecule has 0 spiro atoms. The Kier molecular flexibility index (Phi) is 10.7. The lowest BCUT2D eigenvalue weighted by molar-refractivity contribution is -0.140. The Hall–Kier alpha value is -3.85. The van der Waals surface area contributed by atoms with Crippen molar-refractivity contribution in [2.75, 3.05) is 18.0 Å². The SMILES string of the molecule is CC[C@H](C)NC(=O)[C@H](CC)N(Cc1ccc(C)cc1)C(=O)CN(c1ccc(OC)cc1)S(=O)(=O)c1ccccc1. The maximum atomic E-state index is 14.1. The van der Waals surface area contributed by atoms with Gasteiger partial charge in [0.1, 0.15) is 18.3 Å². The van der Waals surface area contributed by atoms with E-state index in [1.165, 1.54) is 24.1 Å². The monoisotopic (exact) mass is 565 g/mol. The first-order valence-electron chi connectivity index (χ1n) is 13.5. The molecule has 0 aliphatic rings. The third kappa shape index (κ3) is 7.63. The van der Waals surface area contributed by atoms with Crippen molar-refractivity contribution in [2.45, 2.75) is 64.1 Å². The summed E-state index contributed by atoms with van der Waals surface area (Å²) >= 11 is 0. The van der Waals surface area contributed by atoms with Gasteiger partial charge in [-0.3, -0.25) is 13.9 Å². The number of carbonyl (C=O) groups excluding carboxylic acids is 2. The molecule has 2 atom stereocenters. The van der Waals surface area contributed by atoms with Crippen molar-refractivity contribution >= 4 is 27.5 Å². The fraction of sp³-hybridized carbons (Fsp3) is 0.355. The highest BCUT2D eigenvalue weighted by molar-refractivity contribution is 7.92. The predicted octanol–water partition coefficient (Wildman–Crippen LogP) is 4.92. The first-order valence-corrected chi connectivity index (χ1v) is 14.9. The third-order valence-electron chi connectivity index (χ3n) is 6.83. The first-order chi connectivity index (χ1) is 19.1. The maximum Gasteiger partial charge on any atom is 0.264 e. The number of hydrogen-bond acceptors (Lipinski definition) is 5. The van der Waals surface area contributed by atoms with Crippen LogP contribution in [0.3, 0.4) is 0 Å². The molecule has 0 unspecified atom stereocenters. The molecule has 2 amide bonds. The number of amides is 2. The van der Waals surface area contributed by atoms with Gasteiger partial charge in [0.25, 0.3) is 10.0 Å². The summed E-state index contributed by atoms with van der Waals surface area (Å²) in [5, 5.41) is 2.99. The predicted molar refractivity (Wildman–Crippen MR) is 158 cm³/mol. The summed E-state index contributed by atoms with van der Waals surface area (Å²) in [4.78, 5) is 28.9. The highest BCUT2D eigenvalue weighted by Crippen LogP contribution is 2.26. The fourth-order valence-electron chi connectivity index (χ4n) is 4.25. The van der Waals surface area contributed by atoms with Gasteiger partial charge in [0.05, 0.1) is 17.7 Å². The average molecular weight is 566 g/mol. The molecule has 0 aliphatic heterocycles. The van der Waals surface area contributed by atoms with Crippen LogP contribution in [0.5, 0.6) is 5.75 Å². The van der Waals surface area contributed by atoms with Gasteiger partial charge in [-0.1, -0.05) is 61.9 Å². The summed E-state index contributed by atoms with van der Waals surface area (Å²) in [6.45, 7) is 7.38. The minimum atomic E-state index is -4.11. The van der Waals surface area contributed by atoms with Crippen LogP contribution in [0.2, 0.25) is 0 Å². The van der Waals surface area contributed by atoms with E-state index in [1.807, 2.05) is 52.0 Å². The molecule has 0 saturated carbocycles. The minimum absolute atomic E-state index is 0.0604. The van der Waals surface area contributed by atoms with Gasteiger partial charge >= 0.3 is 0 Å². The number of anilines is 1. The highest BCUT2D eigenvalue weighted by atomic mass is 32.2. The van der Waals surface area contributed by atoms with Crippen LogP contribution in [-0.2, 0) is 26.2 Å². The Morgan fingerprint density at radius 3 is 2.08 bits per heavy atom. The van der Waals surface area contributed by atoms with Gasteiger partial charge in [-0.25, -0.2) is 8.42 Å². The Morgan fingerprint density at radius 1 is 0.900 bits per heavy atom. The van der Waals surface area contributed by atoms with Crippen LogP contribution in [0.25, 0.3) is 0 Å². The summed E-state index contributed by atoms with van der Waals surface area (Å²) in [5.41, 5.74) is 2.23. The van der Waals surface area contributed by atoms with E-state index in [-0.39, 0.29) is 23.4 Å². The summed E-state index contributed by atoms with van der Waals surface area (Å²) in [5.74, 6) is -0.192. The van der Waals surface area contributed by atoms with Crippen LogP contribution in [0.4, 0.5) is 5.69 Å². The molecule has 0 heterocycles. The summed E-state index contributed by atoms with van der Waals surface area (Å²) in [6, 6.07) is 21.4. The molecule has 0 fully saturated rings. The molecule has 3 aromatic rings. The van der Waals surface area contributed by atoms with Crippen LogP contribution in [0.1, 0.15) is 44.7 Å². The number of benzene rings is 3. The van der Waals surface area contributed by atoms with Crippen LogP contribution >= 0.6 is 0 Å². The molecular formula is C31H39N3O5S. The summed E-state index contributed by atoms with van der Waals surface area (Å²) in [6.07, 6.45) is 1.11. The van der Waals surface area contributed by atoms with Gasteiger partial charge in [0, 0.05) is 12.6 Å². The van der Waals surface area contributed by atoms with Crippen molar-refractivity contribution in [1.29, 1.82) is 0 Å². The third-order valence-corrected chi connectivity index (χ3v) is 8.62. The second-order valence-corrected chi connectivity index (χ2v) is 11.6. The van der Waals surface area contributed by atoms with E-state index in [9.17, 15) is 18.0 Å². The zero-order chi connectivity index (χ0) is 29.3. The Labute approximate surface area is 238 Å². The smallest absolute Gasteiger partial charge is 0.264 e. The molecular weight excluding hydrogens is 526 g/mol. The molecule has 1 N–H and O–H groups in total. The van der Waals surface area contributed by atoms with E-state index >= 15 is 0 Å². The van der Waals surface area contributed by atoms with Crippen molar-refractivity contribution in [3.63, 3.8) is 0 Å². The number of nitrogens with one attached hydrogen (secondary N) is 1. The quantitative estimate of drug-likeness (QED) is 0.317. The maximum absolute atomic E-state index is 14.1. The number of methoxy groups -OCH3 is 1. The lowest BCUT2D eigenvalue weighted by Gasteiger charge is -2.33. The van der Waals surface area contributed by atoms with Crippen LogP contribution < -0.4 is 14.4 Å². The second-order valence-electron chi connectivity index (χ2n) is 9.77. The van der Waals surface area contributed by atoms with Crippen LogP contribution in [0.15, 0.2) is 83.8 Å². The Morgan fingerprint density at radius 2 is 1.52 bits per heavy atom. The highest BCUT2D eigenvalue weighted by Gasteiger charge is 2.34. The molecule has 0 radical (unpaired) electrons. The van der Waals surface area contributed by atoms with Crippen molar-refractivity contribution in [3.05, 3.63) is 90.0 Å². The fourth-order valence-corrected chi connectivity index (χ4v) is 5.68. The van der Waals surface area contributed by atoms with Crippen molar-refractivity contribution < 1.29 is 22.7 Å². The molecule has 0 saturated heterocycles. The number of hydrogen-bond donors (Lipinski definition) is 1. The largest absolute Gasteiger partial charge is 0.497 e. The van der Waals surface area contributed by atoms with E-state index in [0.29, 0.717) is 17.9 Å². The molecule has 40 heavy (non-hydrogen) atoms. The number of rotatable bonds is 13. The molecule has 0 aromatic heterocycles. The number of carbonyl (C=O) groups is 2. The van der Waals surface area contributed by atoms with Gasteiger partial charge in [-0.05, 0) is 68.7 Å². The van der Waals surface area contributed by atoms with Gasteiger partial charge < -0.3 is 15.0 Å². The molecule has 3 aromatic carbocycles. The first kappa shape index (κ1) is 30.7. The zero-order valence-corrected chi connectivity index (χ0v) is 24.6. The van der Waals surface area contributed by atoms with Crippen molar-refractivity contribution in [1.82, 2.24) is 10.2 Å². The lowest BCUT2D eigenvalue weighted by atomic mass is 10.1. The standard InChI is InChI=1S/C31H39N3O5S/c1-6-24(4)32-31(36)29(7-2)33(21-25-15-13-23(3)14-16-25)30(35)22-34(26-17-19-27(39-5)20-18-26)40(37,38)28-11-9-8-10-12-28/h8-20,24,29H,6-7,21-22H2,1-5H3,(H,32,36)/t24-,29-/m0/s1. The topological polar surface area (TPSA) is 96.0 Å². The number of ether oxygens (including phenoxy) is 1. The normalized spacial score (nSPS) is 12.7. The van der Waals surface area contributed by atoms with E-state index < -0.39 is 28.5 Å². The molecule has 8 nitrogen and oxygen atoms in total. The van der Waals surface area contributed by atoms with Gasteiger partial charge in [0.15, 0.2) is 0 Å². The molecule has 3 rings (SSSR count). The molecule has 214 valence electrons. The van der Waals surface area contributed by atoms with E-state index in [4.69, 9.17) is 4.74 Å². The molecule has 0 bridgehead atoms. The summed E-state index contributed by atoms with van der Waals surface area (Å²) in [7, 11) is -2.59. The zero-order valence-electron chi connectivity index (χ0n) is 23.8. The molecule has 9 heteroatoms. The van der Waals surface area contributed by atoms with Crippen molar-refractivity contribution in [2.24, 2.45) is 0 Å².